The molecular formula is C20H25NO4. The quantitative estimate of drug-likeness (QED) is 0.496. The minimum Gasteiger partial charge on any atom is -0.468 e. The zero-order valence-corrected chi connectivity index (χ0v) is 14.9. The van der Waals surface area contributed by atoms with Crippen LogP contribution in [0.1, 0.15) is 19.4 Å². The van der Waals surface area contributed by atoms with Crippen LogP contribution in [0.5, 0.6) is 0 Å². The van der Waals surface area contributed by atoms with Crippen molar-refractivity contribution in [2.24, 2.45) is 23.2 Å². The molecule has 2 aliphatic rings. The molecule has 1 aromatic rings. The Labute approximate surface area is 148 Å². The fraction of sp³-hybridized carbons (Fsp3) is 0.500. The van der Waals surface area contributed by atoms with Gasteiger partial charge in [0.15, 0.2) is 5.41 Å². The highest BCUT2D eigenvalue weighted by molar-refractivity contribution is 6.06. The molecule has 0 saturated carbocycles. The number of benzene rings is 1. The highest BCUT2D eigenvalue weighted by Crippen LogP contribution is 2.53. The number of esters is 1. The van der Waals surface area contributed by atoms with Gasteiger partial charge in [0, 0.05) is 17.9 Å². The number of nitrogens with one attached hydrogen (secondary N) is 1. The summed E-state index contributed by atoms with van der Waals surface area (Å²) in [6, 6.07) is 9.74. The Hall–Kier alpha value is -2.14. The van der Waals surface area contributed by atoms with Gasteiger partial charge in [-0.3, -0.25) is 9.59 Å². The minimum absolute atomic E-state index is 0.0366. The Balaban J connectivity index is 2.07. The van der Waals surface area contributed by atoms with E-state index in [2.05, 4.69) is 5.32 Å². The van der Waals surface area contributed by atoms with E-state index in [0.29, 0.717) is 6.42 Å². The van der Waals surface area contributed by atoms with E-state index in [1.807, 2.05) is 50.3 Å². The molecule has 0 bridgehead atoms. The van der Waals surface area contributed by atoms with E-state index < -0.39 is 17.3 Å². The fourth-order valence-electron chi connectivity index (χ4n) is 4.68. The average molecular weight is 343 g/mol. The molecule has 1 aliphatic heterocycles. The first kappa shape index (κ1) is 17.7. The van der Waals surface area contributed by atoms with Crippen LogP contribution in [0.4, 0.5) is 0 Å². The van der Waals surface area contributed by atoms with Gasteiger partial charge in [-0.2, -0.15) is 0 Å². The number of allylic oxidation sites excluding steroid dienone is 1. The second-order valence-electron chi connectivity index (χ2n) is 7.14. The third-order valence-electron chi connectivity index (χ3n) is 5.98. The molecule has 1 fully saturated rings. The molecule has 5 nitrogen and oxygen atoms in total. The molecule has 1 aromatic carbocycles. The Morgan fingerprint density at radius 2 is 2.00 bits per heavy atom. The van der Waals surface area contributed by atoms with Crippen molar-refractivity contribution >= 4 is 11.9 Å². The summed E-state index contributed by atoms with van der Waals surface area (Å²) in [5.41, 5.74) is 0.841. The number of rotatable bonds is 4. The van der Waals surface area contributed by atoms with Gasteiger partial charge >= 0.3 is 5.97 Å². The first-order valence-corrected chi connectivity index (χ1v) is 8.69. The smallest absolute Gasteiger partial charge is 0.322 e. The zero-order valence-electron chi connectivity index (χ0n) is 14.9. The van der Waals surface area contributed by atoms with Gasteiger partial charge in [-0.1, -0.05) is 48.9 Å². The van der Waals surface area contributed by atoms with Crippen molar-refractivity contribution in [3.8, 4) is 0 Å². The van der Waals surface area contributed by atoms with E-state index >= 15 is 0 Å². The predicted octanol–water partition coefficient (Wildman–Crippen LogP) is 1.71. The average Bonchev–Trinajstić information content (AvgIpc) is 2.91. The number of ether oxygens (including phenoxy) is 1. The van der Waals surface area contributed by atoms with Crippen LogP contribution >= 0.6 is 0 Å². The van der Waals surface area contributed by atoms with Crippen molar-refractivity contribution in [3.05, 3.63) is 47.5 Å². The van der Waals surface area contributed by atoms with Crippen LogP contribution in [0, 0.1) is 23.2 Å². The molecular weight excluding hydrogens is 318 g/mol. The summed E-state index contributed by atoms with van der Waals surface area (Å²) >= 11 is 0. The van der Waals surface area contributed by atoms with Gasteiger partial charge in [-0.05, 0) is 24.8 Å². The van der Waals surface area contributed by atoms with E-state index in [0.717, 1.165) is 11.1 Å². The van der Waals surface area contributed by atoms with Crippen LogP contribution < -0.4 is 5.32 Å². The number of amides is 1. The number of fused-ring (bicyclic) bond motifs is 1. The standard InChI is InChI=1S/C20H25NO4/c1-12-9-15(11-22)20(19(24)25-3)17(13(12)2)16(21-18(20)23)10-14-7-5-4-6-8-14/h4-9,13,15-17,22H,10-11H2,1-3H3,(H,21,23)/t13-,15-,16+,17+,20-/m1/s1. The van der Waals surface area contributed by atoms with Crippen LogP contribution in [-0.4, -0.2) is 36.7 Å². The van der Waals surface area contributed by atoms with Crippen molar-refractivity contribution in [2.45, 2.75) is 26.3 Å². The summed E-state index contributed by atoms with van der Waals surface area (Å²) in [6.07, 6.45) is 2.51. The number of aliphatic hydroxyl groups is 1. The Bertz CT molecular complexity index is 699. The van der Waals surface area contributed by atoms with Crippen LogP contribution in [0.3, 0.4) is 0 Å². The SMILES string of the molecule is COC(=O)[C@@]12C(=O)N[C@@H](Cc3ccccc3)[C@@H]1[C@H](C)C(C)=C[C@@H]2CO. The molecule has 1 heterocycles. The number of aliphatic hydroxyl groups excluding tert-OH is 1. The molecule has 1 saturated heterocycles. The number of methoxy groups -OCH3 is 1. The van der Waals surface area contributed by atoms with E-state index in [1.54, 1.807) is 0 Å². The van der Waals surface area contributed by atoms with E-state index in [9.17, 15) is 14.7 Å². The zero-order chi connectivity index (χ0) is 18.2. The van der Waals surface area contributed by atoms with Gasteiger partial charge in [-0.25, -0.2) is 0 Å². The molecule has 1 aliphatic carbocycles. The fourth-order valence-corrected chi connectivity index (χ4v) is 4.68. The number of carbonyl (C=O) groups is 2. The van der Waals surface area contributed by atoms with E-state index in [4.69, 9.17) is 4.74 Å². The summed E-state index contributed by atoms with van der Waals surface area (Å²) in [6.45, 7) is 3.78. The number of carbonyl (C=O) groups excluding carboxylic acids is 2. The van der Waals surface area contributed by atoms with Gasteiger partial charge in [0.2, 0.25) is 5.91 Å². The topological polar surface area (TPSA) is 75.6 Å². The predicted molar refractivity (Wildman–Crippen MR) is 93.5 cm³/mol. The molecule has 3 rings (SSSR count). The van der Waals surface area contributed by atoms with Gasteiger partial charge in [0.25, 0.3) is 0 Å². The third kappa shape index (κ3) is 2.58. The second kappa shape index (κ2) is 6.64. The molecule has 25 heavy (non-hydrogen) atoms. The summed E-state index contributed by atoms with van der Waals surface area (Å²) in [4.78, 5) is 25.8. The van der Waals surface area contributed by atoms with Crippen molar-refractivity contribution < 1.29 is 19.4 Å². The van der Waals surface area contributed by atoms with Gasteiger partial charge < -0.3 is 15.2 Å². The first-order chi connectivity index (χ1) is 12.0. The monoisotopic (exact) mass is 343 g/mol. The lowest BCUT2D eigenvalue weighted by atomic mass is 9.57. The van der Waals surface area contributed by atoms with E-state index in [-0.39, 0.29) is 30.4 Å². The maximum Gasteiger partial charge on any atom is 0.322 e. The van der Waals surface area contributed by atoms with Crippen LogP contribution in [0.25, 0.3) is 0 Å². The molecule has 0 spiro atoms. The lowest BCUT2D eigenvalue weighted by Crippen LogP contribution is -2.54. The van der Waals surface area contributed by atoms with Crippen molar-refractivity contribution in [3.63, 3.8) is 0 Å². The summed E-state index contributed by atoms with van der Waals surface area (Å²) in [5, 5.41) is 12.9. The van der Waals surface area contributed by atoms with Gasteiger partial charge in [0.05, 0.1) is 13.7 Å². The van der Waals surface area contributed by atoms with Gasteiger partial charge in [0.1, 0.15) is 0 Å². The molecule has 5 atom stereocenters. The molecule has 134 valence electrons. The van der Waals surface area contributed by atoms with Crippen molar-refractivity contribution in [1.82, 2.24) is 5.32 Å². The van der Waals surface area contributed by atoms with Crippen molar-refractivity contribution in [2.75, 3.05) is 13.7 Å². The van der Waals surface area contributed by atoms with Crippen LogP contribution in [0.15, 0.2) is 42.0 Å². The third-order valence-corrected chi connectivity index (χ3v) is 5.98. The Morgan fingerprint density at radius 3 is 2.60 bits per heavy atom. The Morgan fingerprint density at radius 1 is 1.32 bits per heavy atom. The normalized spacial score (nSPS) is 34.1. The van der Waals surface area contributed by atoms with E-state index in [1.165, 1.54) is 7.11 Å². The summed E-state index contributed by atoms with van der Waals surface area (Å²) < 4.78 is 5.04. The lowest BCUT2D eigenvalue weighted by Gasteiger charge is -2.43. The second-order valence-corrected chi connectivity index (χ2v) is 7.14. The van der Waals surface area contributed by atoms with Gasteiger partial charge in [-0.15, -0.1) is 0 Å². The molecule has 0 unspecified atom stereocenters. The maximum absolute atomic E-state index is 13.0. The molecule has 0 radical (unpaired) electrons. The summed E-state index contributed by atoms with van der Waals surface area (Å²) in [5.74, 6) is -1.67. The highest BCUT2D eigenvalue weighted by Gasteiger charge is 2.67. The van der Waals surface area contributed by atoms with Crippen LogP contribution in [-0.2, 0) is 20.7 Å². The molecule has 2 N–H and O–H groups in total. The number of hydrogen-bond donors (Lipinski definition) is 2. The molecule has 1 amide bonds. The van der Waals surface area contributed by atoms with Crippen LogP contribution in [0.2, 0.25) is 0 Å². The van der Waals surface area contributed by atoms with Crippen molar-refractivity contribution in [1.29, 1.82) is 0 Å². The lowest BCUT2D eigenvalue weighted by molar-refractivity contribution is -0.166. The molecule has 5 heteroatoms. The molecule has 0 aromatic heterocycles. The minimum atomic E-state index is -1.36. The first-order valence-electron chi connectivity index (χ1n) is 8.69. The summed E-state index contributed by atoms with van der Waals surface area (Å²) in [7, 11) is 1.30. The Kier molecular flexibility index (Phi) is 4.69. The highest BCUT2D eigenvalue weighted by atomic mass is 16.5. The largest absolute Gasteiger partial charge is 0.468 e. The number of hydrogen-bond acceptors (Lipinski definition) is 4. The maximum atomic E-state index is 13.0.